The summed E-state index contributed by atoms with van der Waals surface area (Å²) < 4.78 is 4.89. The number of aryl methyl sites for hydroxylation is 3. The third-order valence-electron chi connectivity index (χ3n) is 5.79. The second-order valence-electron chi connectivity index (χ2n) is 7.86. The van der Waals surface area contributed by atoms with Crippen LogP contribution < -0.4 is 20.7 Å². The van der Waals surface area contributed by atoms with Gasteiger partial charge in [0, 0.05) is 13.5 Å². The molecule has 1 aliphatic rings. The first kappa shape index (κ1) is 18.4. The van der Waals surface area contributed by atoms with Gasteiger partial charge >= 0.3 is 11.6 Å². The molecule has 7 heteroatoms. The molecule has 0 atom stereocenters. The van der Waals surface area contributed by atoms with E-state index in [4.69, 9.17) is 0 Å². The highest BCUT2D eigenvalue weighted by molar-refractivity contribution is 5.70. The second kappa shape index (κ2) is 7.02. The minimum absolute atomic E-state index is 0.256. The number of nitrogens with one attached hydrogen (secondary N) is 1. The molecular formula is C23H24N5O2+. The largest absolute Gasteiger partial charge is 0.364 e. The summed E-state index contributed by atoms with van der Waals surface area (Å²) in [6.45, 7) is 3.84. The molecule has 0 amide bonds. The van der Waals surface area contributed by atoms with Crippen molar-refractivity contribution in [1.82, 2.24) is 14.1 Å². The summed E-state index contributed by atoms with van der Waals surface area (Å²) in [7, 11) is 1.71. The van der Waals surface area contributed by atoms with Crippen molar-refractivity contribution in [3.63, 3.8) is 0 Å². The average Bonchev–Trinajstić information content (AvgIpc) is 3.16. The van der Waals surface area contributed by atoms with Gasteiger partial charge < -0.3 is 0 Å². The summed E-state index contributed by atoms with van der Waals surface area (Å²) in [5.74, 6) is 0.836. The molecule has 4 aromatic rings. The van der Waals surface area contributed by atoms with Crippen LogP contribution in [0, 0.1) is 6.92 Å². The number of rotatable bonds is 3. The molecule has 0 spiro atoms. The predicted octanol–water partition coefficient (Wildman–Crippen LogP) is 2.21. The Bertz CT molecular complexity index is 1360. The van der Waals surface area contributed by atoms with Crippen LogP contribution in [0.2, 0.25) is 0 Å². The van der Waals surface area contributed by atoms with Gasteiger partial charge in [0.2, 0.25) is 11.2 Å². The fourth-order valence-corrected chi connectivity index (χ4v) is 4.33. The van der Waals surface area contributed by atoms with Crippen LogP contribution in [0.1, 0.15) is 17.5 Å². The fraction of sp³-hybridized carbons (Fsp3) is 0.261. The maximum Gasteiger partial charge on any atom is 0.364 e. The lowest BCUT2D eigenvalue weighted by Crippen LogP contribution is -2.49. The third kappa shape index (κ3) is 2.85. The van der Waals surface area contributed by atoms with Crippen LogP contribution in [0.3, 0.4) is 0 Å². The van der Waals surface area contributed by atoms with E-state index in [1.54, 1.807) is 11.6 Å². The normalized spacial score (nSPS) is 13.6. The monoisotopic (exact) mass is 402 g/mol. The second-order valence-corrected chi connectivity index (χ2v) is 7.86. The topological polar surface area (TPSA) is 66.9 Å². The van der Waals surface area contributed by atoms with Crippen molar-refractivity contribution >= 4 is 22.8 Å². The number of benzene rings is 2. The van der Waals surface area contributed by atoms with Crippen molar-refractivity contribution in [3.05, 3.63) is 86.6 Å². The number of H-pyrrole nitrogens is 1. The average molecular weight is 402 g/mol. The zero-order valence-corrected chi connectivity index (χ0v) is 17.1. The van der Waals surface area contributed by atoms with Crippen LogP contribution in [0.5, 0.6) is 0 Å². The molecule has 0 aliphatic carbocycles. The first-order chi connectivity index (χ1) is 14.5. The van der Waals surface area contributed by atoms with E-state index in [-0.39, 0.29) is 17.8 Å². The molecule has 0 saturated heterocycles. The molecular weight excluding hydrogens is 378 g/mol. The number of aromatic amines is 1. The lowest BCUT2D eigenvalue weighted by Gasteiger charge is -2.21. The number of fused-ring (bicyclic) bond motifs is 3. The summed E-state index contributed by atoms with van der Waals surface area (Å²) in [6.07, 6.45) is 0.916. The van der Waals surface area contributed by atoms with Crippen molar-refractivity contribution in [1.29, 1.82) is 0 Å². The van der Waals surface area contributed by atoms with Crippen molar-refractivity contribution < 1.29 is 4.57 Å². The van der Waals surface area contributed by atoms with Crippen molar-refractivity contribution in [2.45, 2.75) is 26.4 Å². The quantitative estimate of drug-likeness (QED) is 0.535. The highest BCUT2D eigenvalue weighted by Gasteiger charge is 2.33. The van der Waals surface area contributed by atoms with Gasteiger partial charge in [0.15, 0.2) is 0 Å². The van der Waals surface area contributed by atoms with E-state index in [0.29, 0.717) is 11.2 Å². The molecule has 5 rings (SSSR count). The molecule has 30 heavy (non-hydrogen) atoms. The van der Waals surface area contributed by atoms with Gasteiger partial charge in [-0.25, -0.2) is 19.2 Å². The van der Waals surface area contributed by atoms with Crippen molar-refractivity contribution in [3.8, 4) is 0 Å². The van der Waals surface area contributed by atoms with E-state index in [1.807, 2.05) is 54.0 Å². The number of para-hydroxylation sites is 1. The SMILES string of the molecule is Cc1cccc(Cn2c(=O)c3c([nH]c4[n+]3CCCN4c3ccccc3)n(C)c2=O)c1. The summed E-state index contributed by atoms with van der Waals surface area (Å²) in [4.78, 5) is 32.0. The Labute approximate surface area is 173 Å². The molecule has 0 fully saturated rings. The van der Waals surface area contributed by atoms with Crippen LogP contribution >= 0.6 is 0 Å². The molecule has 2 aromatic heterocycles. The van der Waals surface area contributed by atoms with Gasteiger partial charge in [0.25, 0.3) is 5.56 Å². The summed E-state index contributed by atoms with van der Waals surface area (Å²) >= 11 is 0. The van der Waals surface area contributed by atoms with Crippen LogP contribution in [0.4, 0.5) is 11.6 Å². The van der Waals surface area contributed by atoms with Crippen LogP contribution in [0.25, 0.3) is 11.2 Å². The maximum absolute atomic E-state index is 13.5. The summed E-state index contributed by atoms with van der Waals surface area (Å²) in [6, 6.07) is 18.0. The number of nitrogens with zero attached hydrogens (tertiary/aromatic N) is 4. The van der Waals surface area contributed by atoms with Crippen molar-refractivity contribution in [2.24, 2.45) is 7.05 Å². The minimum Gasteiger partial charge on any atom is -0.267 e. The van der Waals surface area contributed by atoms with Gasteiger partial charge in [0.05, 0.1) is 19.6 Å². The lowest BCUT2D eigenvalue weighted by molar-refractivity contribution is -0.663. The molecule has 0 bridgehead atoms. The number of hydrogen-bond acceptors (Lipinski definition) is 3. The Morgan fingerprint density at radius 3 is 2.63 bits per heavy atom. The maximum atomic E-state index is 13.5. The fourth-order valence-electron chi connectivity index (χ4n) is 4.33. The number of imidazole rings is 1. The lowest BCUT2D eigenvalue weighted by atomic mass is 10.1. The Balaban J connectivity index is 1.71. The number of hydrogen-bond donors (Lipinski definition) is 1. The molecule has 0 unspecified atom stereocenters. The van der Waals surface area contributed by atoms with Gasteiger partial charge in [-0.1, -0.05) is 48.0 Å². The highest BCUT2D eigenvalue weighted by atomic mass is 16.2. The minimum atomic E-state index is -0.320. The van der Waals surface area contributed by atoms with E-state index < -0.39 is 0 Å². The Kier molecular flexibility index (Phi) is 4.31. The molecule has 2 aromatic carbocycles. The van der Waals surface area contributed by atoms with E-state index in [0.717, 1.165) is 42.3 Å². The van der Waals surface area contributed by atoms with Gasteiger partial charge in [-0.15, -0.1) is 0 Å². The molecule has 7 nitrogen and oxygen atoms in total. The summed E-state index contributed by atoms with van der Waals surface area (Å²) in [5.41, 5.74) is 3.62. The Morgan fingerprint density at radius 1 is 1.07 bits per heavy atom. The molecule has 152 valence electrons. The zero-order chi connectivity index (χ0) is 20.8. The number of anilines is 2. The molecule has 3 heterocycles. The van der Waals surface area contributed by atoms with Gasteiger partial charge in [-0.05, 0) is 24.6 Å². The smallest absolute Gasteiger partial charge is 0.267 e. The standard InChI is InChI=1S/C23H23N5O2/c1-16-8-6-9-17(14-16)15-28-21(29)19-20(25(2)23(28)30)24-22-26(12-7-13-27(19)22)18-10-4-3-5-11-18/h3-6,8-11,14H,7,12-13,15H2,1-2H3/p+1. The first-order valence-electron chi connectivity index (χ1n) is 10.2. The molecule has 1 aliphatic heterocycles. The molecule has 1 N–H and O–H groups in total. The van der Waals surface area contributed by atoms with E-state index in [2.05, 4.69) is 22.0 Å². The predicted molar refractivity (Wildman–Crippen MR) is 116 cm³/mol. The van der Waals surface area contributed by atoms with E-state index >= 15 is 0 Å². The van der Waals surface area contributed by atoms with E-state index in [1.165, 1.54) is 4.57 Å². The molecule has 0 saturated carbocycles. The van der Waals surface area contributed by atoms with Crippen molar-refractivity contribution in [2.75, 3.05) is 11.4 Å². The Hall–Kier alpha value is -3.61. The van der Waals surface area contributed by atoms with Gasteiger partial charge in [0.1, 0.15) is 5.69 Å². The van der Waals surface area contributed by atoms with Crippen LogP contribution in [-0.2, 0) is 20.1 Å². The van der Waals surface area contributed by atoms with Crippen LogP contribution in [0.15, 0.2) is 64.2 Å². The zero-order valence-electron chi connectivity index (χ0n) is 17.1. The van der Waals surface area contributed by atoms with Crippen LogP contribution in [-0.4, -0.2) is 20.7 Å². The van der Waals surface area contributed by atoms with Gasteiger partial charge in [-0.2, -0.15) is 0 Å². The van der Waals surface area contributed by atoms with Gasteiger partial charge in [-0.3, -0.25) is 13.9 Å². The summed E-state index contributed by atoms with van der Waals surface area (Å²) in [5, 5.41) is 0. The highest BCUT2D eigenvalue weighted by Crippen LogP contribution is 2.25. The Morgan fingerprint density at radius 2 is 1.87 bits per heavy atom. The first-order valence-corrected chi connectivity index (χ1v) is 10.2. The van der Waals surface area contributed by atoms with E-state index in [9.17, 15) is 9.59 Å². The number of aromatic nitrogens is 4. The third-order valence-corrected chi connectivity index (χ3v) is 5.79. The molecule has 0 radical (unpaired) electrons.